The van der Waals surface area contributed by atoms with Crippen molar-refractivity contribution in [3.05, 3.63) is 36.0 Å². The molecule has 3 aromatic rings. The quantitative estimate of drug-likeness (QED) is 0.657. The molecule has 0 aliphatic rings. The molecule has 0 spiro atoms. The average molecular weight is 216 g/mol. The third-order valence-corrected chi connectivity index (χ3v) is 3.13. The zero-order valence-corrected chi connectivity index (χ0v) is 8.58. The van der Waals surface area contributed by atoms with E-state index in [2.05, 4.69) is 9.97 Å². The van der Waals surface area contributed by atoms with E-state index in [1.54, 1.807) is 29.7 Å². The maximum atomic E-state index is 9.44. The van der Waals surface area contributed by atoms with Gasteiger partial charge in [0.15, 0.2) is 0 Å². The second-order valence-electron chi connectivity index (χ2n) is 3.27. The van der Waals surface area contributed by atoms with Crippen LogP contribution in [0.15, 0.2) is 36.0 Å². The predicted molar refractivity (Wildman–Crippen MR) is 61.1 cm³/mol. The van der Waals surface area contributed by atoms with Gasteiger partial charge in [-0.2, -0.15) is 0 Å². The lowest BCUT2D eigenvalue weighted by atomic mass is 10.2. The Balaban J connectivity index is 2.32. The number of nitrogens with zero attached hydrogens (tertiary/aromatic N) is 1. The number of fused-ring (bicyclic) bond motifs is 1. The molecular weight excluding hydrogens is 208 g/mol. The minimum Gasteiger partial charge on any atom is -0.508 e. The molecule has 0 fully saturated rings. The van der Waals surface area contributed by atoms with Crippen LogP contribution in [-0.2, 0) is 0 Å². The Labute approximate surface area is 90.0 Å². The first-order chi connectivity index (χ1) is 7.34. The van der Waals surface area contributed by atoms with Gasteiger partial charge < -0.3 is 10.1 Å². The number of aromatic amines is 1. The Bertz CT molecular complexity index is 598. The highest BCUT2D eigenvalue weighted by atomic mass is 32.1. The van der Waals surface area contributed by atoms with Crippen molar-refractivity contribution in [1.29, 1.82) is 0 Å². The van der Waals surface area contributed by atoms with E-state index in [9.17, 15) is 5.11 Å². The third kappa shape index (κ3) is 1.30. The molecule has 0 aliphatic heterocycles. The van der Waals surface area contributed by atoms with E-state index < -0.39 is 0 Å². The zero-order valence-electron chi connectivity index (χ0n) is 7.77. The van der Waals surface area contributed by atoms with Crippen molar-refractivity contribution in [3.8, 4) is 16.3 Å². The van der Waals surface area contributed by atoms with Gasteiger partial charge in [-0.25, -0.2) is 4.98 Å². The zero-order chi connectivity index (χ0) is 10.3. The summed E-state index contributed by atoms with van der Waals surface area (Å²) in [5.41, 5.74) is 2.05. The van der Waals surface area contributed by atoms with Gasteiger partial charge in [0.25, 0.3) is 0 Å². The molecule has 0 radical (unpaired) electrons. The van der Waals surface area contributed by atoms with Crippen LogP contribution in [0.5, 0.6) is 5.75 Å². The first kappa shape index (κ1) is 8.49. The van der Waals surface area contributed by atoms with E-state index in [1.165, 1.54) is 0 Å². The Morgan fingerprint density at radius 3 is 3.07 bits per heavy atom. The molecule has 0 aliphatic carbocycles. The summed E-state index contributed by atoms with van der Waals surface area (Å²) in [6.07, 6.45) is 3.70. The van der Waals surface area contributed by atoms with Gasteiger partial charge in [0.2, 0.25) is 0 Å². The lowest BCUT2D eigenvalue weighted by Gasteiger charge is -1.95. The van der Waals surface area contributed by atoms with Gasteiger partial charge in [-0.3, -0.25) is 0 Å². The molecular formula is C11H8N2OS. The first-order valence-corrected chi connectivity index (χ1v) is 5.42. The fourth-order valence-electron chi connectivity index (χ4n) is 1.64. The molecule has 2 heterocycles. The molecule has 2 N–H and O–H groups in total. The lowest BCUT2D eigenvalue weighted by molar-refractivity contribution is 0.476. The van der Waals surface area contributed by atoms with Gasteiger partial charge in [-0.15, -0.1) is 11.3 Å². The van der Waals surface area contributed by atoms with E-state index in [0.717, 1.165) is 21.5 Å². The van der Waals surface area contributed by atoms with E-state index in [-0.39, 0.29) is 5.75 Å². The minimum atomic E-state index is 0.278. The Morgan fingerprint density at radius 1 is 1.33 bits per heavy atom. The number of phenolic OH excluding ortho intramolecular Hbond substituents is 1. The molecule has 4 heteroatoms. The number of aromatic hydroxyl groups is 1. The fourth-order valence-corrected chi connectivity index (χ4v) is 2.31. The monoisotopic (exact) mass is 216 g/mol. The number of benzene rings is 1. The summed E-state index contributed by atoms with van der Waals surface area (Å²) in [7, 11) is 0. The number of nitrogens with one attached hydrogen (secondary N) is 1. The van der Waals surface area contributed by atoms with Crippen molar-refractivity contribution >= 4 is 22.2 Å². The van der Waals surface area contributed by atoms with Crippen LogP contribution in [0.3, 0.4) is 0 Å². The Kier molecular flexibility index (Phi) is 1.76. The number of hydrogen-bond donors (Lipinski definition) is 2. The predicted octanol–water partition coefficient (Wildman–Crippen LogP) is 3.00. The molecule has 0 saturated carbocycles. The second kappa shape index (κ2) is 3.10. The highest BCUT2D eigenvalue weighted by Crippen LogP contribution is 2.31. The summed E-state index contributed by atoms with van der Waals surface area (Å²) in [5, 5.41) is 13.4. The number of hydrogen-bond acceptors (Lipinski definition) is 3. The number of aromatic nitrogens is 2. The van der Waals surface area contributed by atoms with Gasteiger partial charge in [0, 0.05) is 34.2 Å². The summed E-state index contributed by atoms with van der Waals surface area (Å²) < 4.78 is 0. The van der Waals surface area contributed by atoms with E-state index in [0.29, 0.717) is 0 Å². The van der Waals surface area contributed by atoms with Crippen molar-refractivity contribution in [3.63, 3.8) is 0 Å². The van der Waals surface area contributed by atoms with Gasteiger partial charge in [-0.05, 0) is 18.2 Å². The highest BCUT2D eigenvalue weighted by Gasteiger charge is 2.08. The van der Waals surface area contributed by atoms with Crippen LogP contribution in [0.25, 0.3) is 21.5 Å². The van der Waals surface area contributed by atoms with Gasteiger partial charge >= 0.3 is 0 Å². The molecule has 74 valence electrons. The fraction of sp³-hybridized carbons (Fsp3) is 0. The summed E-state index contributed by atoms with van der Waals surface area (Å²) >= 11 is 1.59. The largest absolute Gasteiger partial charge is 0.508 e. The molecule has 0 unspecified atom stereocenters. The Hall–Kier alpha value is -1.81. The van der Waals surface area contributed by atoms with Crippen LogP contribution in [0.4, 0.5) is 0 Å². The number of rotatable bonds is 1. The summed E-state index contributed by atoms with van der Waals surface area (Å²) in [4.78, 5) is 7.41. The maximum Gasteiger partial charge on any atom is 0.125 e. The highest BCUT2D eigenvalue weighted by molar-refractivity contribution is 7.13. The number of phenols is 1. The first-order valence-electron chi connectivity index (χ1n) is 4.54. The standard InChI is InChI=1S/C11H8N2OS/c14-7-1-2-10-8(5-7)9(6-13-10)11-12-3-4-15-11/h1-6,13-14H. The normalized spacial score (nSPS) is 10.9. The van der Waals surface area contributed by atoms with Crippen molar-refractivity contribution in [2.75, 3.05) is 0 Å². The van der Waals surface area contributed by atoms with Crippen LogP contribution in [0.1, 0.15) is 0 Å². The van der Waals surface area contributed by atoms with Gasteiger partial charge in [0.1, 0.15) is 10.8 Å². The van der Waals surface area contributed by atoms with E-state index in [4.69, 9.17) is 0 Å². The maximum absolute atomic E-state index is 9.44. The SMILES string of the molecule is Oc1ccc2[nH]cc(-c3nccs3)c2c1. The smallest absolute Gasteiger partial charge is 0.125 e. The molecule has 0 amide bonds. The van der Waals surface area contributed by atoms with Crippen molar-refractivity contribution in [2.45, 2.75) is 0 Å². The van der Waals surface area contributed by atoms with Crippen LogP contribution < -0.4 is 0 Å². The molecule has 0 saturated heterocycles. The van der Waals surface area contributed by atoms with Gasteiger partial charge in [-0.1, -0.05) is 0 Å². The molecule has 2 aromatic heterocycles. The Morgan fingerprint density at radius 2 is 2.27 bits per heavy atom. The minimum absolute atomic E-state index is 0.278. The van der Waals surface area contributed by atoms with Crippen molar-refractivity contribution < 1.29 is 5.11 Å². The third-order valence-electron chi connectivity index (χ3n) is 2.33. The van der Waals surface area contributed by atoms with E-state index >= 15 is 0 Å². The molecule has 3 rings (SSSR count). The number of H-pyrrole nitrogens is 1. The molecule has 0 bridgehead atoms. The van der Waals surface area contributed by atoms with E-state index in [1.807, 2.05) is 17.6 Å². The summed E-state index contributed by atoms with van der Waals surface area (Å²) in [5.74, 6) is 0.278. The topological polar surface area (TPSA) is 48.9 Å². The van der Waals surface area contributed by atoms with Crippen LogP contribution >= 0.6 is 11.3 Å². The van der Waals surface area contributed by atoms with Crippen LogP contribution in [0.2, 0.25) is 0 Å². The lowest BCUT2D eigenvalue weighted by Crippen LogP contribution is -1.72. The molecule has 15 heavy (non-hydrogen) atoms. The second-order valence-corrected chi connectivity index (χ2v) is 4.16. The molecule has 0 atom stereocenters. The van der Waals surface area contributed by atoms with Crippen molar-refractivity contribution in [1.82, 2.24) is 9.97 Å². The van der Waals surface area contributed by atoms with Crippen LogP contribution in [0, 0.1) is 0 Å². The van der Waals surface area contributed by atoms with Crippen LogP contribution in [-0.4, -0.2) is 15.1 Å². The van der Waals surface area contributed by atoms with Crippen molar-refractivity contribution in [2.24, 2.45) is 0 Å². The summed E-state index contributed by atoms with van der Waals surface area (Å²) in [6, 6.07) is 5.29. The summed E-state index contributed by atoms with van der Waals surface area (Å²) in [6.45, 7) is 0. The van der Waals surface area contributed by atoms with Gasteiger partial charge in [0.05, 0.1) is 0 Å². The molecule has 1 aromatic carbocycles. The molecule has 3 nitrogen and oxygen atoms in total. The average Bonchev–Trinajstić information content (AvgIpc) is 2.83. The number of thiazole rings is 1.